The van der Waals surface area contributed by atoms with E-state index < -0.39 is 15.6 Å². The number of halogens is 3. The Morgan fingerprint density at radius 2 is 1.87 bits per heavy atom. The zero-order valence-electron chi connectivity index (χ0n) is 12.2. The van der Waals surface area contributed by atoms with Crippen molar-refractivity contribution in [1.29, 1.82) is 0 Å². The molecule has 23 heavy (non-hydrogen) atoms. The Morgan fingerprint density at radius 3 is 2.35 bits per heavy atom. The molecule has 2 aliphatic rings. The molecular weight excluding hydrogens is 353 g/mol. The van der Waals surface area contributed by atoms with Crippen molar-refractivity contribution >= 4 is 27.0 Å². The molecule has 1 aromatic carbocycles. The summed E-state index contributed by atoms with van der Waals surface area (Å²) in [6.45, 7) is 2.37. The van der Waals surface area contributed by atoms with Gasteiger partial charge in [0, 0.05) is 11.3 Å². The second-order valence-corrected chi connectivity index (χ2v) is 7.45. The van der Waals surface area contributed by atoms with Crippen LogP contribution in [0.4, 0.5) is 13.2 Å². The van der Waals surface area contributed by atoms with Gasteiger partial charge in [-0.15, -0.1) is 0 Å². The van der Waals surface area contributed by atoms with E-state index in [-0.39, 0.29) is 0 Å². The average Bonchev–Trinajstić information content (AvgIpc) is 3.02. The van der Waals surface area contributed by atoms with Crippen molar-refractivity contribution in [1.82, 2.24) is 4.90 Å². The Bertz CT molecular complexity index is 690. The summed E-state index contributed by atoms with van der Waals surface area (Å²) in [6, 6.07) is 11.4. The second kappa shape index (κ2) is 6.70. The van der Waals surface area contributed by atoms with Crippen LogP contribution in [0.25, 0.3) is 0 Å². The zero-order chi connectivity index (χ0) is 17.3. The maximum atomic E-state index is 10.7. The molecule has 0 spiro atoms. The van der Waals surface area contributed by atoms with Gasteiger partial charge in [-0.1, -0.05) is 30.3 Å². The van der Waals surface area contributed by atoms with Gasteiger partial charge in [-0.2, -0.15) is 13.2 Å². The largest absolute Gasteiger partial charge is 0.741 e. The quantitative estimate of drug-likeness (QED) is 0.430. The Morgan fingerprint density at radius 1 is 1.30 bits per heavy atom. The van der Waals surface area contributed by atoms with Crippen molar-refractivity contribution in [2.75, 3.05) is 25.9 Å². The van der Waals surface area contributed by atoms with Gasteiger partial charge in [0.15, 0.2) is 16.2 Å². The fourth-order valence-electron chi connectivity index (χ4n) is 2.40. The van der Waals surface area contributed by atoms with E-state index in [9.17, 15) is 13.2 Å². The highest BCUT2D eigenvalue weighted by Crippen LogP contribution is 2.31. The van der Waals surface area contributed by atoms with Crippen LogP contribution < -0.4 is 0 Å². The van der Waals surface area contributed by atoms with Crippen LogP contribution in [0.15, 0.2) is 30.3 Å². The molecule has 0 amide bonds. The molecule has 10 heteroatoms. The van der Waals surface area contributed by atoms with Crippen molar-refractivity contribution in [3.8, 4) is 0 Å². The van der Waals surface area contributed by atoms with E-state index in [0.29, 0.717) is 6.04 Å². The smallest absolute Gasteiger partial charge is 0.485 e. The summed E-state index contributed by atoms with van der Waals surface area (Å²) in [5.41, 5.74) is -4.21. The Labute approximate surface area is 136 Å². The summed E-state index contributed by atoms with van der Waals surface area (Å²) < 4.78 is 61.4. The number of hydrogen-bond donors (Lipinski definition) is 0. The van der Waals surface area contributed by atoms with Gasteiger partial charge in [-0.25, -0.2) is 13.3 Å². The SMILES string of the molecule is CN1C2=[N+](CCS2)C[C@@H]1c1ccccc1.O=S(=O)([O-])C(F)(F)F. The van der Waals surface area contributed by atoms with Crippen LogP contribution in [-0.4, -0.2) is 59.0 Å². The summed E-state index contributed by atoms with van der Waals surface area (Å²) in [5, 5.41) is 1.46. The molecule has 3 rings (SSSR count). The van der Waals surface area contributed by atoms with Crippen molar-refractivity contribution in [3.63, 3.8) is 0 Å². The van der Waals surface area contributed by atoms with E-state index in [4.69, 9.17) is 13.0 Å². The lowest BCUT2D eigenvalue weighted by atomic mass is 10.1. The number of benzene rings is 1. The third kappa shape index (κ3) is 4.18. The molecule has 5 nitrogen and oxygen atoms in total. The molecule has 1 aromatic rings. The monoisotopic (exact) mass is 368 g/mol. The number of rotatable bonds is 1. The lowest BCUT2D eigenvalue weighted by Crippen LogP contribution is -2.24. The van der Waals surface area contributed by atoms with Crippen LogP contribution in [0.3, 0.4) is 0 Å². The van der Waals surface area contributed by atoms with Gasteiger partial charge in [0.2, 0.25) is 0 Å². The normalized spacial score (nSPS) is 21.1. The summed E-state index contributed by atoms with van der Waals surface area (Å²) in [6.07, 6.45) is 0. The molecule has 0 saturated heterocycles. The Kier molecular flexibility index (Phi) is 5.27. The molecule has 0 aliphatic carbocycles. The molecule has 1 atom stereocenters. The van der Waals surface area contributed by atoms with Gasteiger partial charge in [0.25, 0.3) is 0 Å². The third-order valence-corrected chi connectivity index (χ3v) is 5.25. The number of likely N-dealkylation sites (N-methyl/N-ethyl adjacent to an activating group) is 1. The molecule has 128 valence electrons. The molecule has 0 fully saturated rings. The molecule has 0 N–H and O–H groups in total. The van der Waals surface area contributed by atoms with Crippen LogP contribution in [0.1, 0.15) is 11.6 Å². The number of amidine groups is 1. The van der Waals surface area contributed by atoms with Gasteiger partial charge in [0.05, 0.1) is 13.6 Å². The number of nitrogens with zero attached hydrogens (tertiary/aromatic N) is 2. The van der Waals surface area contributed by atoms with Crippen LogP contribution in [0.2, 0.25) is 0 Å². The van der Waals surface area contributed by atoms with E-state index in [1.165, 1.54) is 23.0 Å². The summed E-state index contributed by atoms with van der Waals surface area (Å²) >= 11 is 1.99. The van der Waals surface area contributed by atoms with E-state index in [0.717, 1.165) is 6.54 Å². The molecule has 0 aromatic heterocycles. The van der Waals surface area contributed by atoms with E-state index in [2.05, 4.69) is 46.9 Å². The lowest BCUT2D eigenvalue weighted by molar-refractivity contribution is -0.511. The number of hydrogen-bond acceptors (Lipinski definition) is 5. The summed E-state index contributed by atoms with van der Waals surface area (Å²) in [5.74, 6) is 1.25. The van der Waals surface area contributed by atoms with E-state index in [1.54, 1.807) is 0 Å². The van der Waals surface area contributed by atoms with Crippen molar-refractivity contribution in [2.24, 2.45) is 0 Å². The van der Waals surface area contributed by atoms with Crippen molar-refractivity contribution < 1.29 is 30.7 Å². The number of alkyl halides is 3. The van der Waals surface area contributed by atoms with Gasteiger partial charge in [-0.05, 0) is 11.8 Å². The zero-order valence-corrected chi connectivity index (χ0v) is 13.8. The molecule has 0 bridgehead atoms. The first-order valence-electron chi connectivity index (χ1n) is 6.66. The Hall–Kier alpha value is -1.26. The Balaban J connectivity index is 0.000000207. The van der Waals surface area contributed by atoms with Crippen LogP contribution in [0, 0.1) is 0 Å². The molecule has 0 radical (unpaired) electrons. The van der Waals surface area contributed by atoms with Gasteiger partial charge < -0.3 is 4.55 Å². The molecule has 2 aliphatic heterocycles. The lowest BCUT2D eigenvalue weighted by Gasteiger charge is -2.15. The molecule has 2 heterocycles. The average molecular weight is 368 g/mol. The highest BCUT2D eigenvalue weighted by molar-refractivity contribution is 8.13. The minimum Gasteiger partial charge on any atom is -0.741 e. The molecule has 0 saturated carbocycles. The highest BCUT2D eigenvalue weighted by atomic mass is 32.2. The summed E-state index contributed by atoms with van der Waals surface area (Å²) in [7, 11) is -3.88. The van der Waals surface area contributed by atoms with Crippen LogP contribution >= 0.6 is 11.8 Å². The van der Waals surface area contributed by atoms with Crippen molar-refractivity contribution in [2.45, 2.75) is 11.6 Å². The fraction of sp³-hybridized carbons (Fsp3) is 0.462. The van der Waals surface area contributed by atoms with Gasteiger partial charge in [-0.3, -0.25) is 4.58 Å². The highest BCUT2D eigenvalue weighted by Gasteiger charge is 2.40. The summed E-state index contributed by atoms with van der Waals surface area (Å²) in [4.78, 5) is 2.42. The van der Waals surface area contributed by atoms with Gasteiger partial charge in [0.1, 0.15) is 6.54 Å². The van der Waals surface area contributed by atoms with Gasteiger partial charge >= 0.3 is 10.7 Å². The van der Waals surface area contributed by atoms with Crippen LogP contribution in [-0.2, 0) is 10.1 Å². The van der Waals surface area contributed by atoms with E-state index in [1.807, 2.05) is 11.8 Å². The predicted octanol–water partition coefficient (Wildman–Crippen LogP) is 1.84. The first-order valence-corrected chi connectivity index (χ1v) is 9.05. The minimum absolute atomic E-state index is 0.550. The fourth-order valence-corrected chi connectivity index (χ4v) is 3.57. The molecule has 0 unspecified atom stereocenters. The predicted molar refractivity (Wildman–Crippen MR) is 80.2 cm³/mol. The maximum Gasteiger partial charge on any atom is 0.485 e. The minimum atomic E-state index is -6.09. The third-order valence-electron chi connectivity index (χ3n) is 3.49. The maximum absolute atomic E-state index is 10.7. The van der Waals surface area contributed by atoms with E-state index >= 15 is 0 Å². The first kappa shape index (κ1) is 18.1. The topological polar surface area (TPSA) is 63.5 Å². The molecular formula is C13H15F3N2O3S2. The number of thioether (sulfide) groups is 1. The standard InChI is InChI=1S/C12H15N2S.CHF3O3S/c1-13-11(10-5-3-2-4-6-10)9-14-7-8-15-12(13)14;2-1(3,4)8(5,6)7/h2-6,11H,7-9H2,1H3;(H,5,6,7)/q+1;/p-1/t11-;/m1./s1. The first-order chi connectivity index (χ1) is 10.6. The van der Waals surface area contributed by atoms with Crippen LogP contribution in [0.5, 0.6) is 0 Å². The second-order valence-electron chi connectivity index (χ2n) is 5.01. The van der Waals surface area contributed by atoms with Crippen molar-refractivity contribution in [3.05, 3.63) is 35.9 Å².